The van der Waals surface area contributed by atoms with E-state index >= 15 is 0 Å². The monoisotopic (exact) mass is 460 g/mol. The summed E-state index contributed by atoms with van der Waals surface area (Å²) in [6.07, 6.45) is 0. The van der Waals surface area contributed by atoms with E-state index in [2.05, 4.69) is 66.9 Å². The third-order valence-corrected chi connectivity index (χ3v) is 6.53. The molecule has 5 heteroatoms. The number of amides is 1. The molecule has 2 N–H and O–H groups in total. The lowest BCUT2D eigenvalue weighted by molar-refractivity contribution is 0.0955. The Morgan fingerprint density at radius 3 is 2.44 bits per heavy atom. The molecule has 0 radical (unpaired) electrons. The van der Waals surface area contributed by atoms with Gasteiger partial charge in [-0.2, -0.15) is 0 Å². The van der Waals surface area contributed by atoms with Crippen molar-refractivity contribution in [1.82, 2.24) is 5.32 Å². The summed E-state index contributed by atoms with van der Waals surface area (Å²) >= 11 is 7.51. The molecule has 3 aromatic carbocycles. The highest BCUT2D eigenvalue weighted by molar-refractivity contribution is 7.17. The molecule has 0 unspecified atom stereocenters. The number of carbonyl (C=O) groups excluding carboxylic acids is 1. The smallest absolute Gasteiger partial charge is 0.261 e. The van der Waals surface area contributed by atoms with Gasteiger partial charge in [-0.3, -0.25) is 4.79 Å². The summed E-state index contributed by atoms with van der Waals surface area (Å²) in [6.45, 7) is 4.83. The number of benzene rings is 3. The van der Waals surface area contributed by atoms with Gasteiger partial charge in [0.25, 0.3) is 5.91 Å². The number of halogens is 1. The zero-order chi connectivity index (χ0) is 22.5. The predicted octanol–water partition coefficient (Wildman–Crippen LogP) is 7.87. The number of hydrogen-bond acceptors (Lipinski definition) is 3. The van der Waals surface area contributed by atoms with Crippen LogP contribution in [0.1, 0.15) is 40.6 Å². The van der Waals surface area contributed by atoms with Crippen LogP contribution in [0.5, 0.6) is 0 Å². The van der Waals surface area contributed by atoms with E-state index in [9.17, 15) is 4.79 Å². The molecule has 0 saturated carbocycles. The Balaban J connectivity index is 1.45. The minimum atomic E-state index is -0.0824. The van der Waals surface area contributed by atoms with Crippen LogP contribution >= 0.6 is 22.9 Å². The van der Waals surface area contributed by atoms with E-state index in [1.807, 2.05) is 42.5 Å². The molecular weight excluding hydrogens is 436 g/mol. The average molecular weight is 461 g/mol. The van der Waals surface area contributed by atoms with Crippen molar-refractivity contribution in [3.8, 4) is 10.4 Å². The summed E-state index contributed by atoms with van der Waals surface area (Å²) in [5.41, 5.74) is 5.44. The second kappa shape index (κ2) is 10.0. The van der Waals surface area contributed by atoms with Gasteiger partial charge in [0.05, 0.1) is 4.88 Å². The van der Waals surface area contributed by atoms with E-state index in [0.717, 1.165) is 27.4 Å². The number of nitrogens with one attached hydrogen (secondary N) is 2. The van der Waals surface area contributed by atoms with Gasteiger partial charge in [0.2, 0.25) is 0 Å². The molecule has 1 heterocycles. The van der Waals surface area contributed by atoms with Crippen LogP contribution in [0.2, 0.25) is 5.02 Å². The van der Waals surface area contributed by atoms with Crippen molar-refractivity contribution in [1.29, 1.82) is 0 Å². The van der Waals surface area contributed by atoms with E-state index in [4.69, 9.17) is 11.6 Å². The lowest BCUT2D eigenvalue weighted by Gasteiger charge is -2.11. The first-order chi connectivity index (χ1) is 15.5. The van der Waals surface area contributed by atoms with Crippen LogP contribution in [0, 0.1) is 0 Å². The summed E-state index contributed by atoms with van der Waals surface area (Å²) in [5.74, 6) is 0.402. The molecule has 0 aliphatic carbocycles. The van der Waals surface area contributed by atoms with Gasteiger partial charge in [-0.15, -0.1) is 11.3 Å². The number of thiophene rings is 1. The van der Waals surface area contributed by atoms with Crippen LogP contribution in [0.25, 0.3) is 10.4 Å². The van der Waals surface area contributed by atoms with Gasteiger partial charge in [-0.05, 0) is 71.1 Å². The van der Waals surface area contributed by atoms with Gasteiger partial charge in [-0.1, -0.05) is 61.8 Å². The summed E-state index contributed by atoms with van der Waals surface area (Å²) in [6, 6.07) is 28.1. The topological polar surface area (TPSA) is 41.1 Å². The Morgan fingerprint density at radius 2 is 1.66 bits per heavy atom. The van der Waals surface area contributed by atoms with E-state index in [0.29, 0.717) is 22.4 Å². The summed E-state index contributed by atoms with van der Waals surface area (Å²) in [5, 5.41) is 7.13. The molecule has 0 bridgehead atoms. The lowest BCUT2D eigenvalue weighted by Crippen LogP contribution is -2.21. The molecule has 4 rings (SSSR count). The minimum Gasteiger partial charge on any atom is -0.356 e. The van der Waals surface area contributed by atoms with Crippen LogP contribution in [0.4, 0.5) is 11.4 Å². The first-order valence-corrected chi connectivity index (χ1v) is 11.8. The maximum Gasteiger partial charge on any atom is 0.261 e. The fourth-order valence-electron chi connectivity index (χ4n) is 3.42. The van der Waals surface area contributed by atoms with E-state index in [1.54, 1.807) is 0 Å². The highest BCUT2D eigenvalue weighted by Crippen LogP contribution is 2.31. The van der Waals surface area contributed by atoms with E-state index < -0.39 is 0 Å². The van der Waals surface area contributed by atoms with Crippen LogP contribution in [0.3, 0.4) is 0 Å². The quantitative estimate of drug-likeness (QED) is 0.294. The number of anilines is 2. The Bertz CT molecular complexity index is 1230. The minimum absolute atomic E-state index is 0.0824. The first-order valence-electron chi connectivity index (χ1n) is 10.6. The molecule has 4 aromatic rings. The highest BCUT2D eigenvalue weighted by Gasteiger charge is 2.11. The van der Waals surface area contributed by atoms with Gasteiger partial charge in [0, 0.05) is 27.8 Å². The zero-order valence-electron chi connectivity index (χ0n) is 18.1. The van der Waals surface area contributed by atoms with Crippen LogP contribution in [-0.4, -0.2) is 5.91 Å². The second-order valence-corrected chi connectivity index (χ2v) is 9.48. The van der Waals surface area contributed by atoms with Gasteiger partial charge >= 0.3 is 0 Å². The van der Waals surface area contributed by atoms with Crippen molar-refractivity contribution in [2.24, 2.45) is 0 Å². The molecular formula is C27H25ClN2OS. The molecule has 32 heavy (non-hydrogen) atoms. The molecule has 3 nitrogen and oxygen atoms in total. The molecule has 0 aliphatic heterocycles. The lowest BCUT2D eigenvalue weighted by atomic mass is 10.0. The second-order valence-electron chi connectivity index (χ2n) is 7.96. The maximum absolute atomic E-state index is 12.6. The molecule has 0 atom stereocenters. The maximum atomic E-state index is 12.6. The fourth-order valence-corrected chi connectivity index (χ4v) is 4.56. The predicted molar refractivity (Wildman–Crippen MR) is 136 cm³/mol. The average Bonchev–Trinajstić information content (AvgIpc) is 3.28. The van der Waals surface area contributed by atoms with Crippen molar-refractivity contribution in [2.45, 2.75) is 26.3 Å². The molecule has 0 spiro atoms. The highest BCUT2D eigenvalue weighted by atomic mass is 35.5. The van der Waals surface area contributed by atoms with E-state index in [-0.39, 0.29) is 5.91 Å². The van der Waals surface area contributed by atoms with Gasteiger partial charge in [-0.25, -0.2) is 0 Å². The van der Waals surface area contributed by atoms with Gasteiger partial charge in [0.1, 0.15) is 0 Å². The molecule has 0 saturated heterocycles. The first kappa shape index (κ1) is 22.1. The van der Waals surface area contributed by atoms with Crippen LogP contribution < -0.4 is 10.6 Å². The third kappa shape index (κ3) is 5.58. The normalized spacial score (nSPS) is 10.9. The number of rotatable bonds is 7. The fraction of sp³-hybridized carbons (Fsp3) is 0.148. The zero-order valence-corrected chi connectivity index (χ0v) is 19.6. The van der Waals surface area contributed by atoms with E-state index in [1.165, 1.54) is 16.9 Å². The van der Waals surface area contributed by atoms with Crippen molar-refractivity contribution in [3.63, 3.8) is 0 Å². The largest absolute Gasteiger partial charge is 0.356 e. The van der Waals surface area contributed by atoms with Crippen LogP contribution in [-0.2, 0) is 6.54 Å². The molecule has 0 fully saturated rings. The molecule has 1 amide bonds. The third-order valence-electron chi connectivity index (χ3n) is 5.16. The van der Waals surface area contributed by atoms with Crippen molar-refractivity contribution >= 4 is 40.2 Å². The van der Waals surface area contributed by atoms with Crippen molar-refractivity contribution < 1.29 is 4.79 Å². The Hall–Kier alpha value is -3.08. The number of hydrogen-bond donors (Lipinski definition) is 2. The SMILES string of the molecule is CC(C)c1cccc(Nc2cccc(-c3ccc(C(=O)NCc4cccc(Cl)c4)s3)c2)c1. The molecule has 162 valence electrons. The summed E-state index contributed by atoms with van der Waals surface area (Å²) in [7, 11) is 0. The standard InChI is InChI=1S/C27H25ClN2OS/c1-18(2)20-7-4-10-23(15-20)30-24-11-5-8-21(16-24)25-12-13-26(32-25)27(31)29-17-19-6-3-9-22(28)14-19/h3-16,18,30H,17H2,1-2H3,(H,29,31). The Kier molecular flexibility index (Phi) is 6.93. The summed E-state index contributed by atoms with van der Waals surface area (Å²) in [4.78, 5) is 14.3. The van der Waals surface area contributed by atoms with Crippen LogP contribution in [0.15, 0.2) is 84.9 Å². The molecule has 0 aliphatic rings. The van der Waals surface area contributed by atoms with Gasteiger partial charge < -0.3 is 10.6 Å². The Labute approximate surface area is 198 Å². The molecule has 1 aromatic heterocycles. The van der Waals surface area contributed by atoms with Crippen molar-refractivity contribution in [3.05, 3.63) is 106 Å². The number of carbonyl (C=O) groups is 1. The summed E-state index contributed by atoms with van der Waals surface area (Å²) < 4.78 is 0. The Morgan fingerprint density at radius 1 is 0.906 bits per heavy atom. The van der Waals surface area contributed by atoms with Crippen molar-refractivity contribution in [2.75, 3.05) is 5.32 Å². The van der Waals surface area contributed by atoms with Gasteiger partial charge in [0.15, 0.2) is 0 Å².